The zero-order valence-electron chi connectivity index (χ0n) is 9.93. The van der Waals surface area contributed by atoms with Crippen molar-refractivity contribution in [2.45, 2.75) is 6.42 Å². The Morgan fingerprint density at radius 1 is 1.39 bits per heavy atom. The summed E-state index contributed by atoms with van der Waals surface area (Å²) in [6, 6.07) is 7.62. The average Bonchev–Trinajstić information content (AvgIpc) is 2.89. The number of ether oxygens (including phenoxy) is 2. The lowest BCUT2D eigenvalue weighted by Gasteiger charge is -2.10. The van der Waals surface area contributed by atoms with Gasteiger partial charge < -0.3 is 9.47 Å². The molecule has 0 amide bonds. The van der Waals surface area contributed by atoms with Crippen LogP contribution in [0.15, 0.2) is 30.5 Å². The third kappa shape index (κ3) is 2.57. The van der Waals surface area contributed by atoms with E-state index < -0.39 is 0 Å². The molecule has 0 spiro atoms. The molecule has 1 aliphatic rings. The van der Waals surface area contributed by atoms with Crippen LogP contribution in [0, 0.1) is 5.92 Å². The van der Waals surface area contributed by atoms with Gasteiger partial charge >= 0.3 is 0 Å². The SMILES string of the molecule is Clc1ccc2ncc(OCC3CCOC3)cc2c1. The Labute approximate surface area is 111 Å². The molecule has 4 heteroatoms. The van der Waals surface area contributed by atoms with Gasteiger partial charge in [-0.1, -0.05) is 11.6 Å². The topological polar surface area (TPSA) is 31.4 Å². The predicted molar refractivity (Wildman–Crippen MR) is 71.2 cm³/mol. The first-order valence-corrected chi connectivity index (χ1v) is 6.45. The molecule has 0 aliphatic carbocycles. The number of nitrogens with zero attached hydrogens (tertiary/aromatic N) is 1. The maximum absolute atomic E-state index is 5.97. The molecule has 0 radical (unpaired) electrons. The van der Waals surface area contributed by atoms with E-state index in [0.717, 1.165) is 36.3 Å². The number of halogens is 1. The molecular formula is C14H14ClNO2. The van der Waals surface area contributed by atoms with Gasteiger partial charge in [-0.3, -0.25) is 4.98 Å². The summed E-state index contributed by atoms with van der Waals surface area (Å²) < 4.78 is 11.1. The van der Waals surface area contributed by atoms with Gasteiger partial charge in [0.2, 0.25) is 0 Å². The molecule has 1 aromatic heterocycles. The standard InChI is InChI=1S/C14H14ClNO2/c15-12-1-2-14-11(5-12)6-13(7-16-14)18-9-10-3-4-17-8-10/h1-2,5-7,10H,3-4,8-9H2. The number of benzene rings is 1. The van der Waals surface area contributed by atoms with E-state index in [-0.39, 0.29) is 0 Å². The largest absolute Gasteiger partial charge is 0.492 e. The number of rotatable bonds is 3. The van der Waals surface area contributed by atoms with Crippen LogP contribution in [0.25, 0.3) is 10.9 Å². The van der Waals surface area contributed by atoms with Crippen molar-refractivity contribution in [3.8, 4) is 5.75 Å². The van der Waals surface area contributed by atoms with Gasteiger partial charge in [0.15, 0.2) is 0 Å². The molecule has 0 bridgehead atoms. The summed E-state index contributed by atoms with van der Waals surface area (Å²) in [5.74, 6) is 1.29. The molecule has 0 saturated carbocycles. The minimum absolute atomic E-state index is 0.500. The lowest BCUT2D eigenvalue weighted by molar-refractivity contribution is 0.167. The first-order valence-electron chi connectivity index (χ1n) is 6.07. The molecule has 1 aromatic carbocycles. The van der Waals surface area contributed by atoms with Crippen LogP contribution in [0.3, 0.4) is 0 Å². The maximum atomic E-state index is 5.97. The van der Waals surface area contributed by atoms with Crippen LogP contribution in [0.2, 0.25) is 5.02 Å². The number of hydrogen-bond acceptors (Lipinski definition) is 3. The van der Waals surface area contributed by atoms with Crippen molar-refractivity contribution in [2.24, 2.45) is 5.92 Å². The molecule has 1 saturated heterocycles. The summed E-state index contributed by atoms with van der Waals surface area (Å²) in [5.41, 5.74) is 0.927. The summed E-state index contributed by atoms with van der Waals surface area (Å²) in [6.07, 6.45) is 2.83. The molecule has 2 heterocycles. The van der Waals surface area contributed by atoms with E-state index in [1.165, 1.54) is 0 Å². The van der Waals surface area contributed by atoms with E-state index in [9.17, 15) is 0 Å². The molecule has 3 nitrogen and oxygen atoms in total. The highest BCUT2D eigenvalue weighted by molar-refractivity contribution is 6.31. The molecule has 1 fully saturated rings. The summed E-state index contributed by atoms with van der Waals surface area (Å²) in [6.45, 7) is 2.33. The van der Waals surface area contributed by atoms with Crippen LogP contribution in [0.1, 0.15) is 6.42 Å². The second-order valence-corrected chi connectivity index (χ2v) is 4.99. The molecule has 1 aliphatic heterocycles. The Balaban J connectivity index is 1.75. The molecule has 0 N–H and O–H groups in total. The van der Waals surface area contributed by atoms with E-state index in [0.29, 0.717) is 17.5 Å². The Hall–Kier alpha value is -1.32. The smallest absolute Gasteiger partial charge is 0.138 e. The quantitative estimate of drug-likeness (QED) is 0.851. The summed E-state index contributed by atoms with van der Waals surface area (Å²) in [7, 11) is 0. The summed E-state index contributed by atoms with van der Waals surface area (Å²) >= 11 is 5.97. The van der Waals surface area contributed by atoms with Crippen LogP contribution in [-0.2, 0) is 4.74 Å². The van der Waals surface area contributed by atoms with Crippen LogP contribution >= 0.6 is 11.6 Å². The first kappa shape index (κ1) is 11.8. The van der Waals surface area contributed by atoms with Crippen molar-refractivity contribution in [2.75, 3.05) is 19.8 Å². The lowest BCUT2D eigenvalue weighted by atomic mass is 10.1. The molecular weight excluding hydrogens is 250 g/mol. The van der Waals surface area contributed by atoms with E-state index in [4.69, 9.17) is 21.1 Å². The molecule has 1 atom stereocenters. The van der Waals surface area contributed by atoms with E-state index in [2.05, 4.69) is 4.98 Å². The Morgan fingerprint density at radius 2 is 2.33 bits per heavy atom. The van der Waals surface area contributed by atoms with E-state index >= 15 is 0 Å². The van der Waals surface area contributed by atoms with Gasteiger partial charge in [0, 0.05) is 22.9 Å². The van der Waals surface area contributed by atoms with Crippen molar-refractivity contribution in [3.63, 3.8) is 0 Å². The number of fused-ring (bicyclic) bond motifs is 1. The highest BCUT2D eigenvalue weighted by atomic mass is 35.5. The van der Waals surface area contributed by atoms with Crippen LogP contribution < -0.4 is 4.74 Å². The van der Waals surface area contributed by atoms with Gasteiger partial charge in [-0.25, -0.2) is 0 Å². The minimum Gasteiger partial charge on any atom is -0.492 e. The Bertz CT molecular complexity index is 552. The monoisotopic (exact) mass is 263 g/mol. The second kappa shape index (κ2) is 5.12. The molecule has 3 rings (SSSR count). The minimum atomic E-state index is 0.500. The number of pyridine rings is 1. The second-order valence-electron chi connectivity index (χ2n) is 4.55. The fourth-order valence-corrected chi connectivity index (χ4v) is 2.27. The molecule has 94 valence electrons. The lowest BCUT2D eigenvalue weighted by Crippen LogP contribution is -2.11. The average molecular weight is 264 g/mol. The van der Waals surface area contributed by atoms with Gasteiger partial charge in [0.25, 0.3) is 0 Å². The van der Waals surface area contributed by atoms with Gasteiger partial charge in [0.1, 0.15) is 5.75 Å². The normalized spacial score (nSPS) is 19.3. The fraction of sp³-hybridized carbons (Fsp3) is 0.357. The van der Waals surface area contributed by atoms with Crippen LogP contribution in [0.5, 0.6) is 5.75 Å². The number of hydrogen-bond donors (Lipinski definition) is 0. The van der Waals surface area contributed by atoms with Gasteiger partial charge in [-0.2, -0.15) is 0 Å². The highest BCUT2D eigenvalue weighted by Gasteiger charge is 2.16. The summed E-state index contributed by atoms with van der Waals surface area (Å²) in [5, 5.41) is 1.72. The Kier molecular flexibility index (Phi) is 3.35. The predicted octanol–water partition coefficient (Wildman–Crippen LogP) is 3.30. The third-order valence-corrected chi connectivity index (χ3v) is 3.36. The van der Waals surface area contributed by atoms with E-state index in [1.54, 1.807) is 6.20 Å². The molecule has 18 heavy (non-hydrogen) atoms. The van der Waals surface area contributed by atoms with Gasteiger partial charge in [0.05, 0.1) is 24.9 Å². The fourth-order valence-electron chi connectivity index (χ4n) is 2.09. The van der Waals surface area contributed by atoms with Crippen molar-refractivity contribution in [1.82, 2.24) is 4.98 Å². The van der Waals surface area contributed by atoms with Crippen molar-refractivity contribution in [3.05, 3.63) is 35.5 Å². The zero-order chi connectivity index (χ0) is 12.4. The van der Waals surface area contributed by atoms with Gasteiger partial charge in [-0.15, -0.1) is 0 Å². The molecule has 1 unspecified atom stereocenters. The van der Waals surface area contributed by atoms with E-state index in [1.807, 2.05) is 24.3 Å². The van der Waals surface area contributed by atoms with Crippen LogP contribution in [-0.4, -0.2) is 24.8 Å². The third-order valence-electron chi connectivity index (χ3n) is 3.13. The number of aromatic nitrogens is 1. The summed E-state index contributed by atoms with van der Waals surface area (Å²) in [4.78, 5) is 4.35. The van der Waals surface area contributed by atoms with Crippen molar-refractivity contribution >= 4 is 22.5 Å². The van der Waals surface area contributed by atoms with Crippen molar-refractivity contribution in [1.29, 1.82) is 0 Å². The Morgan fingerprint density at radius 3 is 3.17 bits per heavy atom. The van der Waals surface area contributed by atoms with Crippen molar-refractivity contribution < 1.29 is 9.47 Å². The van der Waals surface area contributed by atoms with Crippen LogP contribution in [0.4, 0.5) is 0 Å². The zero-order valence-corrected chi connectivity index (χ0v) is 10.7. The van der Waals surface area contributed by atoms with Gasteiger partial charge in [-0.05, 0) is 30.7 Å². The highest BCUT2D eigenvalue weighted by Crippen LogP contribution is 2.22. The molecule has 2 aromatic rings. The maximum Gasteiger partial charge on any atom is 0.138 e. The first-order chi connectivity index (χ1) is 8.81.